The molecule has 1 unspecified atom stereocenters. The standard InChI is InChI=1S/C16H19ClN2O/c1-3-19-16(14-9-10-18-11-15(14)17)12-5-7-13(8-6-12)20-4-2/h5-11,16,19H,3-4H2,1-2H3. The molecular formula is C16H19ClN2O. The zero-order valence-electron chi connectivity index (χ0n) is 11.8. The molecule has 20 heavy (non-hydrogen) atoms. The quantitative estimate of drug-likeness (QED) is 0.878. The summed E-state index contributed by atoms with van der Waals surface area (Å²) < 4.78 is 5.47. The lowest BCUT2D eigenvalue weighted by Crippen LogP contribution is -2.22. The normalized spacial score (nSPS) is 12.2. The molecule has 1 atom stereocenters. The van der Waals surface area contributed by atoms with Gasteiger partial charge in [0.2, 0.25) is 0 Å². The van der Waals surface area contributed by atoms with Crippen molar-refractivity contribution in [3.05, 3.63) is 58.9 Å². The van der Waals surface area contributed by atoms with Crippen molar-refractivity contribution >= 4 is 11.6 Å². The van der Waals surface area contributed by atoms with Crippen molar-refractivity contribution in [2.45, 2.75) is 19.9 Å². The lowest BCUT2D eigenvalue weighted by molar-refractivity contribution is 0.340. The summed E-state index contributed by atoms with van der Waals surface area (Å²) in [6.07, 6.45) is 3.44. The average molecular weight is 291 g/mol. The zero-order valence-corrected chi connectivity index (χ0v) is 12.5. The molecule has 0 spiro atoms. The monoisotopic (exact) mass is 290 g/mol. The Kier molecular flexibility index (Phi) is 5.39. The Morgan fingerprint density at radius 3 is 2.55 bits per heavy atom. The van der Waals surface area contributed by atoms with Crippen LogP contribution in [0.4, 0.5) is 0 Å². The molecule has 1 N–H and O–H groups in total. The first kappa shape index (κ1) is 14.8. The highest BCUT2D eigenvalue weighted by molar-refractivity contribution is 6.31. The first-order chi connectivity index (χ1) is 9.76. The van der Waals surface area contributed by atoms with Crippen LogP contribution in [0.1, 0.15) is 31.0 Å². The van der Waals surface area contributed by atoms with Crippen molar-refractivity contribution in [2.75, 3.05) is 13.2 Å². The van der Waals surface area contributed by atoms with Crippen LogP contribution in [-0.4, -0.2) is 18.1 Å². The van der Waals surface area contributed by atoms with E-state index in [9.17, 15) is 0 Å². The molecule has 2 rings (SSSR count). The van der Waals surface area contributed by atoms with Crippen LogP contribution in [-0.2, 0) is 0 Å². The number of halogens is 1. The van der Waals surface area contributed by atoms with Gasteiger partial charge in [-0.05, 0) is 42.8 Å². The number of nitrogens with one attached hydrogen (secondary N) is 1. The number of aromatic nitrogens is 1. The smallest absolute Gasteiger partial charge is 0.119 e. The highest BCUT2D eigenvalue weighted by atomic mass is 35.5. The first-order valence-corrected chi connectivity index (χ1v) is 7.19. The van der Waals surface area contributed by atoms with Crippen LogP contribution in [0.25, 0.3) is 0 Å². The highest BCUT2D eigenvalue weighted by Gasteiger charge is 2.15. The molecule has 1 aromatic heterocycles. The molecule has 0 saturated heterocycles. The minimum atomic E-state index is 0.0613. The molecule has 3 nitrogen and oxygen atoms in total. The van der Waals surface area contributed by atoms with Gasteiger partial charge in [0, 0.05) is 12.4 Å². The van der Waals surface area contributed by atoms with E-state index in [1.807, 2.05) is 25.1 Å². The van der Waals surface area contributed by atoms with E-state index < -0.39 is 0 Å². The van der Waals surface area contributed by atoms with Crippen LogP contribution in [0.15, 0.2) is 42.7 Å². The molecule has 1 heterocycles. The number of benzene rings is 1. The molecular weight excluding hydrogens is 272 g/mol. The third-order valence-corrected chi connectivity index (χ3v) is 3.36. The van der Waals surface area contributed by atoms with E-state index >= 15 is 0 Å². The molecule has 0 aliphatic carbocycles. The van der Waals surface area contributed by atoms with Gasteiger partial charge in [-0.25, -0.2) is 0 Å². The minimum Gasteiger partial charge on any atom is -0.494 e. The summed E-state index contributed by atoms with van der Waals surface area (Å²) in [6, 6.07) is 10.1. The van der Waals surface area contributed by atoms with Gasteiger partial charge in [-0.3, -0.25) is 4.98 Å². The summed E-state index contributed by atoms with van der Waals surface area (Å²) in [5.41, 5.74) is 2.19. The SMILES string of the molecule is CCNC(c1ccc(OCC)cc1)c1ccncc1Cl. The Morgan fingerprint density at radius 2 is 1.95 bits per heavy atom. The van der Waals surface area contributed by atoms with E-state index in [4.69, 9.17) is 16.3 Å². The van der Waals surface area contributed by atoms with Gasteiger partial charge < -0.3 is 10.1 Å². The predicted molar refractivity (Wildman–Crippen MR) is 82.4 cm³/mol. The van der Waals surface area contributed by atoms with Crippen LogP contribution in [0.2, 0.25) is 5.02 Å². The number of ether oxygens (including phenoxy) is 1. The summed E-state index contributed by atoms with van der Waals surface area (Å²) in [4.78, 5) is 4.04. The largest absolute Gasteiger partial charge is 0.494 e. The van der Waals surface area contributed by atoms with E-state index in [2.05, 4.69) is 29.4 Å². The van der Waals surface area contributed by atoms with Gasteiger partial charge >= 0.3 is 0 Å². The van der Waals surface area contributed by atoms with Crippen LogP contribution in [0.3, 0.4) is 0 Å². The van der Waals surface area contributed by atoms with E-state index in [1.165, 1.54) is 0 Å². The fraction of sp³-hybridized carbons (Fsp3) is 0.312. The maximum absolute atomic E-state index is 6.26. The van der Waals surface area contributed by atoms with Gasteiger partial charge in [0.1, 0.15) is 5.75 Å². The lowest BCUT2D eigenvalue weighted by Gasteiger charge is -2.20. The second kappa shape index (κ2) is 7.27. The van der Waals surface area contributed by atoms with Gasteiger partial charge in [0.05, 0.1) is 17.7 Å². The van der Waals surface area contributed by atoms with Crippen LogP contribution >= 0.6 is 11.6 Å². The van der Waals surface area contributed by atoms with Crippen molar-refractivity contribution in [2.24, 2.45) is 0 Å². The fourth-order valence-corrected chi connectivity index (χ4v) is 2.38. The Morgan fingerprint density at radius 1 is 1.20 bits per heavy atom. The maximum Gasteiger partial charge on any atom is 0.119 e. The summed E-state index contributed by atoms with van der Waals surface area (Å²) >= 11 is 6.26. The van der Waals surface area contributed by atoms with Gasteiger partial charge in [-0.2, -0.15) is 0 Å². The maximum atomic E-state index is 6.26. The Hall–Kier alpha value is -1.58. The third-order valence-electron chi connectivity index (χ3n) is 3.05. The van der Waals surface area contributed by atoms with Crippen molar-refractivity contribution in [3.63, 3.8) is 0 Å². The topological polar surface area (TPSA) is 34.1 Å². The third kappa shape index (κ3) is 3.50. The second-order valence-corrected chi connectivity index (χ2v) is 4.80. The molecule has 0 radical (unpaired) electrons. The molecule has 4 heteroatoms. The van der Waals surface area contributed by atoms with E-state index in [1.54, 1.807) is 12.4 Å². The van der Waals surface area contributed by atoms with Gasteiger partial charge in [-0.15, -0.1) is 0 Å². The zero-order chi connectivity index (χ0) is 14.4. The van der Waals surface area contributed by atoms with Crippen LogP contribution in [0.5, 0.6) is 5.75 Å². The molecule has 1 aromatic carbocycles. The van der Waals surface area contributed by atoms with Crippen molar-refractivity contribution in [1.29, 1.82) is 0 Å². The molecule has 0 aliphatic rings. The molecule has 0 amide bonds. The first-order valence-electron chi connectivity index (χ1n) is 6.81. The number of pyridine rings is 1. The second-order valence-electron chi connectivity index (χ2n) is 4.39. The minimum absolute atomic E-state index is 0.0613. The van der Waals surface area contributed by atoms with Gasteiger partial charge in [0.15, 0.2) is 0 Å². The highest BCUT2D eigenvalue weighted by Crippen LogP contribution is 2.28. The average Bonchev–Trinajstić information content (AvgIpc) is 2.47. The number of hydrogen-bond acceptors (Lipinski definition) is 3. The van der Waals surface area contributed by atoms with Gasteiger partial charge in [0.25, 0.3) is 0 Å². The van der Waals surface area contributed by atoms with Crippen molar-refractivity contribution in [3.8, 4) is 5.75 Å². The van der Waals surface area contributed by atoms with E-state index in [-0.39, 0.29) is 6.04 Å². The number of rotatable bonds is 6. The number of hydrogen-bond donors (Lipinski definition) is 1. The predicted octanol–water partition coefficient (Wildman–Crippen LogP) is 3.83. The Labute approximate surface area is 124 Å². The Bertz CT molecular complexity index is 542. The molecule has 2 aromatic rings. The number of nitrogens with zero attached hydrogens (tertiary/aromatic N) is 1. The molecule has 0 aliphatic heterocycles. The lowest BCUT2D eigenvalue weighted by atomic mass is 9.99. The van der Waals surface area contributed by atoms with Crippen molar-refractivity contribution in [1.82, 2.24) is 10.3 Å². The fourth-order valence-electron chi connectivity index (χ4n) is 2.15. The van der Waals surface area contributed by atoms with Crippen LogP contribution < -0.4 is 10.1 Å². The molecule has 106 valence electrons. The summed E-state index contributed by atoms with van der Waals surface area (Å²) in [5, 5.41) is 4.13. The summed E-state index contributed by atoms with van der Waals surface area (Å²) in [7, 11) is 0. The molecule has 0 fully saturated rings. The van der Waals surface area contributed by atoms with Gasteiger partial charge in [-0.1, -0.05) is 30.7 Å². The summed E-state index contributed by atoms with van der Waals surface area (Å²) in [5.74, 6) is 0.882. The Balaban J connectivity index is 2.31. The molecule has 0 saturated carbocycles. The van der Waals surface area contributed by atoms with Crippen LogP contribution in [0, 0.1) is 0 Å². The van der Waals surface area contributed by atoms with E-state index in [0.29, 0.717) is 11.6 Å². The van der Waals surface area contributed by atoms with E-state index in [0.717, 1.165) is 23.4 Å². The summed E-state index contributed by atoms with van der Waals surface area (Å²) in [6.45, 7) is 5.59. The molecule has 0 bridgehead atoms. The van der Waals surface area contributed by atoms with Crippen molar-refractivity contribution < 1.29 is 4.74 Å².